The molecule has 1 amide bonds. The summed E-state index contributed by atoms with van der Waals surface area (Å²) < 4.78 is 3.41. The number of hydrogen-bond donors (Lipinski definition) is 1. The Labute approximate surface area is 151 Å². The Hall–Kier alpha value is -2.58. The molecule has 0 spiro atoms. The van der Waals surface area contributed by atoms with Crippen molar-refractivity contribution in [1.29, 1.82) is 0 Å². The van der Waals surface area contributed by atoms with Crippen molar-refractivity contribution in [3.05, 3.63) is 55.4 Å². The summed E-state index contributed by atoms with van der Waals surface area (Å²) in [6, 6.07) is 6.58. The number of amides is 1. The molecule has 130 valence electrons. The maximum absolute atomic E-state index is 12.4. The first-order valence-corrected chi connectivity index (χ1v) is 7.92. The Bertz CT molecular complexity index is 1100. The summed E-state index contributed by atoms with van der Waals surface area (Å²) in [5.41, 5.74) is -0.338. The summed E-state index contributed by atoms with van der Waals surface area (Å²) in [6.45, 7) is -0.231. The number of nitrogens with one attached hydrogen (secondary N) is 1. The second-order valence-electron chi connectivity index (χ2n) is 5.40. The van der Waals surface area contributed by atoms with Crippen LogP contribution in [0.1, 0.15) is 0 Å². The summed E-state index contributed by atoms with van der Waals surface area (Å²) in [6.07, 6.45) is 0. The molecule has 0 radical (unpaired) electrons. The van der Waals surface area contributed by atoms with Gasteiger partial charge in [-0.05, 0) is 35.9 Å². The second kappa shape index (κ2) is 6.38. The van der Waals surface area contributed by atoms with Crippen LogP contribution in [0.5, 0.6) is 0 Å². The quantitative estimate of drug-likeness (QED) is 0.693. The number of rotatable bonds is 3. The number of carbonyl (C=O) groups is 1. The number of aryl methyl sites for hydroxylation is 1. The van der Waals surface area contributed by atoms with Crippen molar-refractivity contribution in [2.24, 2.45) is 14.1 Å². The lowest BCUT2D eigenvalue weighted by atomic mass is 10.3. The first-order chi connectivity index (χ1) is 11.8. The molecule has 0 saturated heterocycles. The van der Waals surface area contributed by atoms with Crippen LogP contribution >= 0.6 is 23.2 Å². The zero-order valence-corrected chi connectivity index (χ0v) is 14.8. The van der Waals surface area contributed by atoms with Gasteiger partial charge in [0.1, 0.15) is 6.54 Å². The van der Waals surface area contributed by atoms with Gasteiger partial charge in [0.2, 0.25) is 11.2 Å². The van der Waals surface area contributed by atoms with Crippen LogP contribution in [0, 0.1) is 0 Å². The summed E-state index contributed by atoms with van der Waals surface area (Å²) in [5, 5.41) is 3.17. The lowest BCUT2D eigenvalue weighted by Crippen LogP contribution is -2.37. The lowest BCUT2D eigenvalue weighted by molar-refractivity contribution is -0.116. The highest BCUT2D eigenvalue weighted by Crippen LogP contribution is 2.17. The van der Waals surface area contributed by atoms with Crippen molar-refractivity contribution < 1.29 is 4.79 Å². The zero-order chi connectivity index (χ0) is 18.3. The van der Waals surface area contributed by atoms with Crippen LogP contribution in [0.4, 0.5) is 5.69 Å². The summed E-state index contributed by atoms with van der Waals surface area (Å²) in [4.78, 5) is 40.7. The summed E-state index contributed by atoms with van der Waals surface area (Å²) in [5.74, 6) is -0.403. The minimum atomic E-state index is -0.572. The Kier molecular flexibility index (Phi) is 4.40. The fourth-order valence-corrected chi connectivity index (χ4v) is 2.79. The summed E-state index contributed by atoms with van der Waals surface area (Å²) in [7, 11) is 2.83. The van der Waals surface area contributed by atoms with Gasteiger partial charge in [-0.25, -0.2) is 4.79 Å². The molecule has 3 aromatic rings. The van der Waals surface area contributed by atoms with Crippen molar-refractivity contribution >= 4 is 46.0 Å². The van der Waals surface area contributed by atoms with Gasteiger partial charge < -0.3 is 5.32 Å². The fraction of sp³-hybridized carbons (Fsp3) is 0.200. The Morgan fingerprint density at radius 1 is 1.12 bits per heavy atom. The van der Waals surface area contributed by atoms with Crippen molar-refractivity contribution in [3.63, 3.8) is 0 Å². The number of nitrogens with zero attached hydrogens (tertiary/aromatic N) is 4. The molecule has 2 heterocycles. The van der Waals surface area contributed by atoms with Gasteiger partial charge in [-0.2, -0.15) is 4.98 Å². The summed E-state index contributed by atoms with van der Waals surface area (Å²) >= 11 is 11.9. The molecule has 2 aromatic heterocycles. The highest BCUT2D eigenvalue weighted by atomic mass is 35.5. The van der Waals surface area contributed by atoms with Gasteiger partial charge >= 0.3 is 5.69 Å². The van der Waals surface area contributed by atoms with Crippen LogP contribution in [0.25, 0.3) is 11.2 Å². The molecule has 1 N–H and O–H groups in total. The molecular formula is C15H13Cl2N5O3. The second-order valence-corrected chi connectivity index (χ2v) is 6.17. The van der Waals surface area contributed by atoms with Gasteiger partial charge in [0.05, 0.1) is 0 Å². The van der Waals surface area contributed by atoms with Gasteiger partial charge in [0.25, 0.3) is 5.56 Å². The van der Waals surface area contributed by atoms with E-state index in [4.69, 9.17) is 23.2 Å². The SMILES string of the molecule is Cn1c(=O)c2c(nc(Cl)n2CC(=O)Nc2ccc(Cl)cc2)n(C)c1=O. The average molecular weight is 382 g/mol. The molecule has 0 atom stereocenters. The minimum absolute atomic E-state index is 0.0560. The highest BCUT2D eigenvalue weighted by molar-refractivity contribution is 6.30. The zero-order valence-electron chi connectivity index (χ0n) is 13.3. The van der Waals surface area contributed by atoms with Gasteiger partial charge in [0, 0.05) is 24.8 Å². The predicted molar refractivity (Wildman–Crippen MR) is 95.3 cm³/mol. The Morgan fingerprint density at radius 2 is 1.76 bits per heavy atom. The largest absolute Gasteiger partial charge is 0.332 e. The lowest BCUT2D eigenvalue weighted by Gasteiger charge is -2.08. The van der Waals surface area contributed by atoms with E-state index in [0.29, 0.717) is 10.7 Å². The Balaban J connectivity index is 2.00. The van der Waals surface area contributed by atoms with Crippen LogP contribution in [0.15, 0.2) is 33.9 Å². The molecule has 0 fully saturated rings. The number of carbonyl (C=O) groups excluding carboxylic acids is 1. The van der Waals surface area contributed by atoms with E-state index < -0.39 is 17.2 Å². The maximum atomic E-state index is 12.4. The van der Waals surface area contributed by atoms with Crippen LogP contribution < -0.4 is 16.6 Å². The van der Waals surface area contributed by atoms with Gasteiger partial charge in [-0.1, -0.05) is 11.6 Å². The molecule has 0 bridgehead atoms. The van der Waals surface area contributed by atoms with Crippen molar-refractivity contribution in [1.82, 2.24) is 18.7 Å². The first kappa shape index (κ1) is 17.2. The molecule has 1 aromatic carbocycles. The maximum Gasteiger partial charge on any atom is 0.332 e. The molecule has 0 aliphatic heterocycles. The third kappa shape index (κ3) is 3.06. The average Bonchev–Trinajstić information content (AvgIpc) is 2.90. The van der Waals surface area contributed by atoms with E-state index in [0.717, 1.165) is 4.57 Å². The van der Waals surface area contributed by atoms with E-state index in [2.05, 4.69) is 10.3 Å². The number of anilines is 1. The molecule has 0 saturated carbocycles. The first-order valence-electron chi connectivity index (χ1n) is 7.16. The van der Waals surface area contributed by atoms with Crippen molar-refractivity contribution in [3.8, 4) is 0 Å². The topological polar surface area (TPSA) is 90.9 Å². The third-order valence-corrected chi connectivity index (χ3v) is 4.27. The monoisotopic (exact) mass is 381 g/mol. The van der Waals surface area contributed by atoms with E-state index in [1.807, 2.05) is 0 Å². The van der Waals surface area contributed by atoms with Crippen LogP contribution in [0.3, 0.4) is 0 Å². The van der Waals surface area contributed by atoms with E-state index in [9.17, 15) is 14.4 Å². The van der Waals surface area contributed by atoms with E-state index in [1.165, 1.54) is 23.2 Å². The third-order valence-electron chi connectivity index (χ3n) is 3.73. The molecule has 3 rings (SSSR count). The number of aromatic nitrogens is 4. The van der Waals surface area contributed by atoms with Crippen LogP contribution in [0.2, 0.25) is 10.3 Å². The van der Waals surface area contributed by atoms with E-state index in [1.54, 1.807) is 24.3 Å². The number of halogens is 2. The molecule has 10 heteroatoms. The molecule has 0 aliphatic carbocycles. The normalized spacial score (nSPS) is 11.0. The number of hydrogen-bond acceptors (Lipinski definition) is 4. The highest BCUT2D eigenvalue weighted by Gasteiger charge is 2.19. The van der Waals surface area contributed by atoms with E-state index in [-0.39, 0.29) is 23.0 Å². The molecule has 8 nitrogen and oxygen atoms in total. The minimum Gasteiger partial charge on any atom is -0.325 e. The van der Waals surface area contributed by atoms with Crippen LogP contribution in [-0.4, -0.2) is 24.6 Å². The smallest absolute Gasteiger partial charge is 0.325 e. The standard InChI is InChI=1S/C15H13Cl2N5O3/c1-20-12-11(13(24)21(2)15(20)25)22(14(17)19-12)7-10(23)18-9-5-3-8(16)4-6-9/h3-6H,7H2,1-2H3,(H,18,23). The van der Waals surface area contributed by atoms with Gasteiger partial charge in [-0.3, -0.25) is 23.3 Å². The Morgan fingerprint density at radius 3 is 2.40 bits per heavy atom. The van der Waals surface area contributed by atoms with Gasteiger partial charge in [-0.15, -0.1) is 0 Å². The predicted octanol–water partition coefficient (Wildman–Crippen LogP) is 1.38. The number of imidazole rings is 1. The van der Waals surface area contributed by atoms with Gasteiger partial charge in [0.15, 0.2) is 11.2 Å². The molecule has 0 aliphatic rings. The van der Waals surface area contributed by atoms with Crippen LogP contribution in [-0.2, 0) is 25.4 Å². The van der Waals surface area contributed by atoms with Crippen molar-refractivity contribution in [2.45, 2.75) is 6.54 Å². The number of benzene rings is 1. The molecule has 0 unspecified atom stereocenters. The molecule has 25 heavy (non-hydrogen) atoms. The van der Waals surface area contributed by atoms with Crippen molar-refractivity contribution in [2.75, 3.05) is 5.32 Å². The fourth-order valence-electron chi connectivity index (χ4n) is 2.44. The van der Waals surface area contributed by atoms with E-state index >= 15 is 0 Å². The molecular weight excluding hydrogens is 369 g/mol. The number of fused-ring (bicyclic) bond motifs is 1.